The van der Waals surface area contributed by atoms with E-state index in [9.17, 15) is 22.0 Å². The lowest BCUT2D eigenvalue weighted by Crippen LogP contribution is -2.29. The van der Waals surface area contributed by atoms with Crippen LogP contribution in [0, 0.1) is 11.6 Å². The van der Waals surface area contributed by atoms with Gasteiger partial charge >= 0.3 is 6.03 Å². The average Bonchev–Trinajstić information content (AvgIpc) is 3.61. The molecule has 1 aliphatic rings. The van der Waals surface area contributed by atoms with Crippen LogP contribution >= 0.6 is 0 Å². The van der Waals surface area contributed by atoms with E-state index in [2.05, 4.69) is 20.6 Å². The Bertz CT molecular complexity index is 1340. The molecule has 3 aromatic rings. The zero-order valence-corrected chi connectivity index (χ0v) is 19.3. The Hall–Kier alpha value is -3.64. The summed E-state index contributed by atoms with van der Waals surface area (Å²) < 4.78 is 52.6. The number of nitrogens with zero attached hydrogens (tertiary/aromatic N) is 2. The van der Waals surface area contributed by atoms with Gasteiger partial charge in [-0.25, -0.2) is 32.0 Å². The maximum atomic E-state index is 13.7. The van der Waals surface area contributed by atoms with Crippen molar-refractivity contribution >= 4 is 27.4 Å². The lowest BCUT2D eigenvalue weighted by atomic mass is 10.1. The third-order valence-corrected chi connectivity index (χ3v) is 8.10. The lowest BCUT2D eigenvalue weighted by Gasteiger charge is -2.17. The highest BCUT2D eigenvalue weighted by Crippen LogP contribution is 2.55. The van der Waals surface area contributed by atoms with Gasteiger partial charge in [0.15, 0.2) is 15.7 Å². The van der Waals surface area contributed by atoms with Gasteiger partial charge in [-0.1, -0.05) is 0 Å². The molecular weight excluding hydrogens is 480 g/mol. The van der Waals surface area contributed by atoms with Crippen LogP contribution in [-0.2, 0) is 14.6 Å². The van der Waals surface area contributed by atoms with Gasteiger partial charge in [-0.15, -0.1) is 0 Å². The molecule has 5 N–H and O–H groups in total. The van der Waals surface area contributed by atoms with Crippen molar-refractivity contribution in [3.05, 3.63) is 65.9 Å². The number of rotatable bonds is 8. The highest BCUT2D eigenvalue weighted by atomic mass is 32.2. The number of nitrogens with one attached hydrogen (secondary N) is 2. The molecule has 1 heterocycles. The molecular formula is C23H23F2N5O4S. The van der Waals surface area contributed by atoms with E-state index in [4.69, 9.17) is 10.8 Å². The number of hydrogen-bond donors (Lipinski definition) is 4. The first-order chi connectivity index (χ1) is 16.6. The fourth-order valence-electron chi connectivity index (χ4n) is 3.67. The summed E-state index contributed by atoms with van der Waals surface area (Å²) in [6.45, 7) is 0.298. The van der Waals surface area contributed by atoms with Crippen LogP contribution in [0.25, 0.3) is 11.4 Å². The molecule has 9 nitrogen and oxygen atoms in total. The van der Waals surface area contributed by atoms with Gasteiger partial charge in [-0.3, -0.25) is 0 Å². The highest BCUT2D eigenvalue weighted by molar-refractivity contribution is 7.92. The molecule has 12 heteroatoms. The minimum atomic E-state index is -4.17. The molecule has 2 aromatic carbocycles. The summed E-state index contributed by atoms with van der Waals surface area (Å²) in [5.74, 6) is -1.76. The maximum absolute atomic E-state index is 13.7. The summed E-state index contributed by atoms with van der Waals surface area (Å²) in [5.41, 5.74) is 7.12. The largest absolute Gasteiger partial charge is 0.396 e. The first-order valence-corrected chi connectivity index (χ1v) is 12.2. The number of benzene rings is 2. The van der Waals surface area contributed by atoms with Gasteiger partial charge in [0, 0.05) is 36.5 Å². The molecule has 0 unspecified atom stereocenters. The summed E-state index contributed by atoms with van der Waals surface area (Å²) in [7, 11) is -4.17. The number of urea groups is 1. The van der Waals surface area contributed by atoms with Gasteiger partial charge in [0.25, 0.3) is 0 Å². The summed E-state index contributed by atoms with van der Waals surface area (Å²) in [5, 5.41) is 14.0. The number of hydrogen-bond acceptors (Lipinski definition) is 7. The van der Waals surface area contributed by atoms with Gasteiger partial charge in [-0.2, -0.15) is 0 Å². The van der Waals surface area contributed by atoms with E-state index in [-0.39, 0.29) is 36.8 Å². The number of halogens is 2. The van der Waals surface area contributed by atoms with Crippen LogP contribution in [-0.4, -0.2) is 42.7 Å². The van der Waals surface area contributed by atoms with Crippen molar-refractivity contribution in [1.82, 2.24) is 15.3 Å². The van der Waals surface area contributed by atoms with E-state index >= 15 is 0 Å². The number of aromatic nitrogens is 2. The number of carbonyl (C=O) groups is 1. The number of nitrogens with two attached hydrogens (primary N) is 1. The first-order valence-electron chi connectivity index (χ1n) is 10.8. The van der Waals surface area contributed by atoms with Crippen molar-refractivity contribution in [3.63, 3.8) is 0 Å². The predicted octanol–water partition coefficient (Wildman–Crippen LogP) is 2.97. The molecule has 0 spiro atoms. The van der Waals surface area contributed by atoms with Crippen molar-refractivity contribution < 1.29 is 27.1 Å². The van der Waals surface area contributed by atoms with Crippen LogP contribution in [0.15, 0.2) is 53.4 Å². The average molecular weight is 504 g/mol. The fraction of sp³-hybridized carbons (Fsp3) is 0.261. The summed E-state index contributed by atoms with van der Waals surface area (Å²) in [6.07, 6.45) is 0.877. The Balaban J connectivity index is 1.60. The van der Waals surface area contributed by atoms with Crippen LogP contribution in [0.4, 0.5) is 25.1 Å². The third-order valence-electron chi connectivity index (χ3n) is 5.60. The second-order valence-electron chi connectivity index (χ2n) is 8.14. The number of carbonyl (C=O) groups excluding carboxylic acids is 1. The number of amides is 2. The zero-order chi connectivity index (χ0) is 25.2. The Morgan fingerprint density at radius 1 is 1.06 bits per heavy atom. The third kappa shape index (κ3) is 5.08. The van der Waals surface area contributed by atoms with Crippen molar-refractivity contribution in [3.8, 4) is 11.4 Å². The zero-order valence-electron chi connectivity index (χ0n) is 18.5. The van der Waals surface area contributed by atoms with E-state index in [0.717, 1.165) is 12.1 Å². The SMILES string of the molecule is Nc1cc(C2(S(=O)(=O)c3cc(F)cc(F)c3)CC2)nc(-c2ccc(NC(=O)NCCCO)cc2)n1. The molecule has 1 aliphatic carbocycles. The summed E-state index contributed by atoms with van der Waals surface area (Å²) in [6, 6.07) is 9.62. The predicted molar refractivity (Wildman–Crippen MR) is 125 cm³/mol. The second kappa shape index (κ2) is 9.55. The molecule has 0 bridgehead atoms. The van der Waals surface area contributed by atoms with Crippen molar-refractivity contribution in [2.45, 2.75) is 28.9 Å². The normalized spacial score (nSPS) is 14.4. The van der Waals surface area contributed by atoms with Gasteiger partial charge in [0.2, 0.25) is 0 Å². The van der Waals surface area contributed by atoms with Crippen LogP contribution in [0.2, 0.25) is 0 Å². The quantitative estimate of drug-likeness (QED) is 0.346. The summed E-state index contributed by atoms with van der Waals surface area (Å²) in [4.78, 5) is 20.0. The van der Waals surface area contributed by atoms with Crippen molar-refractivity contribution in [1.29, 1.82) is 0 Å². The topological polar surface area (TPSA) is 147 Å². The molecule has 35 heavy (non-hydrogen) atoms. The van der Waals surface area contributed by atoms with Crippen LogP contribution in [0.3, 0.4) is 0 Å². The maximum Gasteiger partial charge on any atom is 0.319 e. The lowest BCUT2D eigenvalue weighted by molar-refractivity contribution is 0.249. The number of sulfone groups is 1. The van der Waals surface area contributed by atoms with Gasteiger partial charge in [0.05, 0.1) is 10.6 Å². The van der Waals surface area contributed by atoms with E-state index in [1.807, 2.05) is 0 Å². The minimum absolute atomic E-state index is 0.0289. The second-order valence-corrected chi connectivity index (χ2v) is 10.4. The molecule has 0 aliphatic heterocycles. The fourth-order valence-corrected chi connectivity index (χ4v) is 5.68. The molecule has 0 atom stereocenters. The van der Waals surface area contributed by atoms with Gasteiger partial charge < -0.3 is 21.5 Å². The molecule has 0 saturated heterocycles. The first kappa shape index (κ1) is 24.5. The molecule has 1 fully saturated rings. The van der Waals surface area contributed by atoms with E-state index in [1.165, 1.54) is 6.07 Å². The van der Waals surface area contributed by atoms with Crippen LogP contribution < -0.4 is 16.4 Å². The molecule has 1 saturated carbocycles. The Kier molecular flexibility index (Phi) is 6.68. The van der Waals surface area contributed by atoms with Crippen LogP contribution in [0.1, 0.15) is 25.0 Å². The smallest absolute Gasteiger partial charge is 0.319 e. The molecule has 4 rings (SSSR count). The summed E-state index contributed by atoms with van der Waals surface area (Å²) >= 11 is 0. The van der Waals surface area contributed by atoms with Gasteiger partial charge in [0.1, 0.15) is 22.2 Å². The monoisotopic (exact) mass is 503 g/mol. The molecule has 0 radical (unpaired) electrons. The van der Waals surface area contributed by atoms with Gasteiger partial charge in [-0.05, 0) is 55.7 Å². The number of nitrogen functional groups attached to an aromatic ring is 1. The van der Waals surface area contributed by atoms with E-state index in [0.29, 0.717) is 30.3 Å². The van der Waals surface area contributed by atoms with Crippen LogP contribution in [0.5, 0.6) is 0 Å². The standard InChI is InChI=1S/C23H23F2N5O4S/c24-15-10-16(25)12-18(11-15)35(33,34)23(6-7-23)19-13-20(26)30-21(29-19)14-2-4-17(5-3-14)28-22(32)27-8-1-9-31/h2-5,10-13,31H,1,6-9H2,(H2,26,29,30)(H2,27,28,32). The molecule has 184 valence electrons. The van der Waals surface area contributed by atoms with Crippen molar-refractivity contribution in [2.75, 3.05) is 24.2 Å². The Morgan fingerprint density at radius 3 is 2.31 bits per heavy atom. The Morgan fingerprint density at radius 2 is 1.71 bits per heavy atom. The van der Waals surface area contributed by atoms with Crippen molar-refractivity contribution in [2.24, 2.45) is 0 Å². The minimum Gasteiger partial charge on any atom is -0.396 e. The molecule has 1 aromatic heterocycles. The van der Waals surface area contributed by atoms with E-state index in [1.54, 1.807) is 24.3 Å². The Labute approximate surface area is 200 Å². The highest BCUT2D eigenvalue weighted by Gasteiger charge is 2.58. The van der Waals surface area contributed by atoms with E-state index < -0.39 is 37.1 Å². The number of anilines is 2. The molecule has 2 amide bonds. The number of aliphatic hydroxyl groups is 1. The number of aliphatic hydroxyl groups excluding tert-OH is 1.